The van der Waals surface area contributed by atoms with Gasteiger partial charge in [0.15, 0.2) is 5.60 Å². The van der Waals surface area contributed by atoms with Crippen LogP contribution in [0.1, 0.15) is 145 Å². The van der Waals surface area contributed by atoms with E-state index in [1.165, 1.54) is 0 Å². The van der Waals surface area contributed by atoms with E-state index in [9.17, 15) is 39.0 Å². The zero-order valence-electron chi connectivity index (χ0n) is 39.8. The molecule has 3 fully saturated rings. The molecule has 4 atom stereocenters. The number of ether oxygens (including phenoxy) is 2. The van der Waals surface area contributed by atoms with E-state index < -0.39 is 37.9 Å². The van der Waals surface area contributed by atoms with Gasteiger partial charge in [-0.05, 0) is 68.4 Å². The first-order chi connectivity index (χ1) is 33.3. The molecular weight excluding hydrogens is 910 g/mol. The number of aliphatic hydroxyl groups is 2. The van der Waals surface area contributed by atoms with Gasteiger partial charge in [-0.15, -0.1) is 14.7 Å². The van der Waals surface area contributed by atoms with Gasteiger partial charge in [0.05, 0.1) is 47.5 Å². The van der Waals surface area contributed by atoms with Gasteiger partial charge in [-0.25, -0.2) is 23.9 Å². The number of benzene rings is 1. The Balaban J connectivity index is 0.681. The molecule has 19 nitrogen and oxygen atoms in total. The second-order valence-electron chi connectivity index (χ2n) is 18.8. The highest BCUT2D eigenvalue weighted by Crippen LogP contribution is 2.60. The molecule has 20 heteroatoms. The number of carbonyl (C=O) groups excluding carboxylic acids is 5. The van der Waals surface area contributed by atoms with Crippen molar-refractivity contribution in [2.75, 3.05) is 26.2 Å². The van der Waals surface area contributed by atoms with Crippen molar-refractivity contribution in [1.82, 2.24) is 35.3 Å². The third-order valence-electron chi connectivity index (χ3n) is 14.1. The Labute approximate surface area is 402 Å². The van der Waals surface area contributed by atoms with Crippen molar-refractivity contribution in [2.24, 2.45) is 0 Å². The third kappa shape index (κ3) is 11.4. The number of nitrogens with one attached hydrogen (secondary N) is 4. The van der Waals surface area contributed by atoms with E-state index in [-0.39, 0.29) is 92.6 Å². The highest BCUT2D eigenvalue weighted by atomic mass is 31.2. The lowest BCUT2D eigenvalue weighted by molar-refractivity contribution is -0.172. The molecule has 2 aromatic heterocycles. The molecule has 2 saturated heterocycles. The number of aliphatic hydroxyl groups excluding tert-OH is 1. The minimum atomic E-state index is -2.95. The minimum Gasteiger partial charge on any atom is -0.458 e. The Bertz CT molecular complexity index is 2470. The van der Waals surface area contributed by atoms with Crippen LogP contribution in [0.15, 0.2) is 29.1 Å². The average Bonchev–Trinajstić information content (AvgIpc) is 3.88. The van der Waals surface area contributed by atoms with E-state index in [2.05, 4.69) is 20.8 Å². The number of nitrogens with zero attached hydrogens (tertiary/aromatic N) is 3. The summed E-state index contributed by atoms with van der Waals surface area (Å²) in [6.45, 7) is 4.71. The summed E-state index contributed by atoms with van der Waals surface area (Å²) < 4.78 is 24.1. The van der Waals surface area contributed by atoms with Gasteiger partial charge in [0, 0.05) is 62.0 Å². The van der Waals surface area contributed by atoms with E-state index in [0.29, 0.717) is 48.5 Å². The largest absolute Gasteiger partial charge is 0.483 e. The summed E-state index contributed by atoms with van der Waals surface area (Å²) in [5.74, 6) is -1.03. The maximum Gasteiger partial charge on any atom is 0.483 e. The lowest BCUT2D eigenvalue weighted by Crippen LogP contribution is -2.44. The van der Waals surface area contributed by atoms with Gasteiger partial charge in [-0.1, -0.05) is 65.2 Å². The number of aryl methyl sites for hydroxylation is 1. The van der Waals surface area contributed by atoms with Crippen LogP contribution < -0.4 is 31.1 Å². The maximum absolute atomic E-state index is 13.6. The Hall–Kier alpha value is -5.04. The van der Waals surface area contributed by atoms with Gasteiger partial charge >= 0.3 is 26.0 Å². The summed E-state index contributed by atoms with van der Waals surface area (Å²) in [7, 11) is -2.95. The molecule has 1 aromatic carbocycles. The second kappa shape index (κ2) is 22.4. The van der Waals surface area contributed by atoms with E-state index in [1.807, 2.05) is 6.92 Å². The predicted molar refractivity (Wildman–Crippen MR) is 255 cm³/mol. The van der Waals surface area contributed by atoms with Crippen LogP contribution in [0, 0.1) is 0 Å². The van der Waals surface area contributed by atoms with E-state index in [0.717, 1.165) is 93.6 Å². The smallest absolute Gasteiger partial charge is 0.458 e. The van der Waals surface area contributed by atoms with Crippen LogP contribution in [0.5, 0.6) is 5.75 Å². The number of aromatic nitrogens is 2. The molecule has 8 rings (SSSR count). The summed E-state index contributed by atoms with van der Waals surface area (Å²) in [6, 6.07) is 7.15. The molecule has 6 N–H and O–H groups in total. The van der Waals surface area contributed by atoms with Gasteiger partial charge in [-0.3, -0.25) is 14.4 Å². The molecule has 6 heterocycles. The van der Waals surface area contributed by atoms with Crippen LogP contribution in [-0.4, -0.2) is 99.1 Å². The quantitative estimate of drug-likeness (QED) is 0.0439. The van der Waals surface area contributed by atoms with E-state index in [1.54, 1.807) is 40.7 Å². The SMILES string of the molecule is CCc1c2c(nc3ccc(OC(=O)NCCNC(=O)CCCCCCCCCCC(=O)N4CCC(=O)O[P+]5(N[C@@H]6CCCC[C@H]6N5)OC(O)CC4)cc13)-c1cc3c(c(=O)n1C2)COC(=O)[C@]3(O)CC. The number of esters is 1. The van der Waals surface area contributed by atoms with Gasteiger partial charge in [0.25, 0.3) is 5.56 Å². The predicted octanol–water partition coefficient (Wildman–Crippen LogP) is 5.43. The third-order valence-corrected chi connectivity index (χ3v) is 16.5. The summed E-state index contributed by atoms with van der Waals surface area (Å²) in [4.78, 5) is 83.8. The molecule has 4 aliphatic heterocycles. The van der Waals surface area contributed by atoms with Crippen LogP contribution in [0.3, 0.4) is 0 Å². The maximum atomic E-state index is 13.6. The van der Waals surface area contributed by atoms with Crippen LogP contribution >= 0.6 is 8.02 Å². The highest BCUT2D eigenvalue weighted by molar-refractivity contribution is 7.63. The molecule has 1 unspecified atom stereocenters. The molecule has 0 radical (unpaired) electrons. The highest BCUT2D eigenvalue weighted by Gasteiger charge is 2.60. The lowest BCUT2D eigenvalue weighted by atomic mass is 9.86. The minimum absolute atomic E-state index is 0.0365. The van der Waals surface area contributed by atoms with Crippen LogP contribution in [-0.2, 0) is 58.1 Å². The lowest BCUT2D eigenvalue weighted by Gasteiger charge is -2.31. The zero-order valence-corrected chi connectivity index (χ0v) is 40.7. The fourth-order valence-corrected chi connectivity index (χ4v) is 13.0. The van der Waals surface area contributed by atoms with Crippen molar-refractivity contribution in [1.29, 1.82) is 0 Å². The standard InChI is InChI=1S/C49H66N7O12P/c1-3-32-33-27-31(19-20-37(33)52-45-34(32)29-56-40(45)28-36-35(46(56)61)30-65-47(62)49(36,64)4-2)66-48(63)51-24-23-50-41(57)17-11-9-7-5-6-8-10-12-18-42(58)55-25-21-43(59)67-69(68-44(60)22-26-55)53-38-15-13-14-16-39(38)54-69/h19-20,27-28,38-39,43,53-54,59,64H,3-18,21-26,29-30H2,1-2H3,(H-,50,51,57,63)/p+1/t38-,39-,43?,49+/m1/s1. The van der Waals surface area contributed by atoms with Crippen molar-refractivity contribution in [3.8, 4) is 17.1 Å². The normalized spacial score (nSPS) is 22.8. The molecule has 1 spiro atoms. The Morgan fingerprint density at radius 2 is 1.59 bits per heavy atom. The molecule has 69 heavy (non-hydrogen) atoms. The molecule has 3 aromatic rings. The number of pyridine rings is 2. The molecule has 374 valence electrons. The van der Waals surface area contributed by atoms with Crippen molar-refractivity contribution in [2.45, 2.75) is 167 Å². The van der Waals surface area contributed by atoms with Crippen LogP contribution in [0.2, 0.25) is 0 Å². The van der Waals surface area contributed by atoms with Crippen molar-refractivity contribution in [3.63, 3.8) is 0 Å². The number of cyclic esters (lactones) is 1. The summed E-state index contributed by atoms with van der Waals surface area (Å²) in [5.41, 5.74) is 1.83. The number of hydrogen-bond donors (Lipinski definition) is 6. The number of fused-ring (bicyclic) bond motifs is 6. The summed E-state index contributed by atoms with van der Waals surface area (Å²) in [5, 5.41) is 34.9. The second-order valence-corrected chi connectivity index (χ2v) is 20.8. The van der Waals surface area contributed by atoms with E-state index >= 15 is 0 Å². The topological polar surface area (TPSA) is 249 Å². The molecule has 0 bridgehead atoms. The van der Waals surface area contributed by atoms with Gasteiger partial charge in [0.2, 0.25) is 18.1 Å². The molecular formula is C49H67N7O12P+. The zero-order chi connectivity index (χ0) is 48.7. The van der Waals surface area contributed by atoms with Gasteiger partial charge in [0.1, 0.15) is 12.4 Å². The Kier molecular flexibility index (Phi) is 16.3. The van der Waals surface area contributed by atoms with Crippen molar-refractivity contribution in [3.05, 3.63) is 56.9 Å². The first-order valence-electron chi connectivity index (χ1n) is 25.0. The van der Waals surface area contributed by atoms with Gasteiger partial charge in [-0.2, -0.15) is 0 Å². The summed E-state index contributed by atoms with van der Waals surface area (Å²) >= 11 is 0. The summed E-state index contributed by atoms with van der Waals surface area (Å²) in [6.07, 6.45) is 11.5. The Morgan fingerprint density at radius 3 is 2.30 bits per heavy atom. The van der Waals surface area contributed by atoms with Gasteiger partial charge < -0.3 is 39.8 Å². The molecule has 3 amide bonds. The van der Waals surface area contributed by atoms with Crippen LogP contribution in [0.4, 0.5) is 4.79 Å². The molecule has 5 aliphatic rings. The average molecular weight is 977 g/mol. The number of carbonyl (C=O) groups is 5. The Morgan fingerprint density at radius 1 is 0.899 bits per heavy atom. The number of unbranched alkanes of at least 4 members (excludes halogenated alkanes) is 7. The van der Waals surface area contributed by atoms with E-state index in [4.69, 9.17) is 23.5 Å². The first-order valence-corrected chi connectivity index (χ1v) is 26.6. The number of amides is 3. The fourth-order valence-electron chi connectivity index (χ4n) is 10.3. The van der Waals surface area contributed by atoms with Crippen molar-refractivity contribution < 1.29 is 52.7 Å². The van der Waals surface area contributed by atoms with Crippen LogP contribution in [0.25, 0.3) is 22.3 Å². The fraction of sp³-hybridized carbons (Fsp3) is 0.612. The molecule has 1 saturated carbocycles. The first kappa shape index (κ1) is 50.4. The number of rotatable bonds is 17. The monoisotopic (exact) mass is 976 g/mol. The number of hydrogen-bond acceptors (Lipinski definition) is 15. The van der Waals surface area contributed by atoms with Crippen molar-refractivity contribution >= 4 is 48.8 Å². The molecule has 1 aliphatic carbocycles.